The standard InChI is InChI=1S/C20H24ClN3O5S/c1-4-29-20(26)18-11-15(12-23(18)3)30(27,28)24-9-5-6-17(24)19(25)22-16-10-14(21)8-7-13(16)2/h7-8,10-12,17H,4-6,9H2,1-3H3,(H,22,25)/t17-/m1/s1. The van der Waals surface area contributed by atoms with Gasteiger partial charge in [0.25, 0.3) is 0 Å². The molecule has 1 saturated heterocycles. The number of rotatable bonds is 6. The summed E-state index contributed by atoms with van der Waals surface area (Å²) >= 11 is 6.01. The molecule has 0 aliphatic carbocycles. The van der Waals surface area contributed by atoms with Crippen molar-refractivity contribution in [1.82, 2.24) is 8.87 Å². The third-order valence-corrected chi connectivity index (χ3v) is 7.14. The average Bonchev–Trinajstić information content (AvgIpc) is 3.32. The minimum absolute atomic E-state index is 0.0494. The number of hydrogen-bond donors (Lipinski definition) is 1. The van der Waals surface area contributed by atoms with Crippen LogP contribution in [-0.4, -0.2) is 48.4 Å². The monoisotopic (exact) mass is 453 g/mol. The molecule has 1 aliphatic heterocycles. The summed E-state index contributed by atoms with van der Waals surface area (Å²) in [6.07, 6.45) is 2.32. The highest BCUT2D eigenvalue weighted by molar-refractivity contribution is 7.89. The van der Waals surface area contributed by atoms with E-state index in [1.54, 1.807) is 32.2 Å². The summed E-state index contributed by atoms with van der Waals surface area (Å²) in [6, 6.07) is 5.56. The number of esters is 1. The maximum absolute atomic E-state index is 13.2. The van der Waals surface area contributed by atoms with Crippen molar-refractivity contribution in [3.63, 3.8) is 0 Å². The van der Waals surface area contributed by atoms with Crippen molar-refractivity contribution in [2.24, 2.45) is 7.05 Å². The Morgan fingerprint density at radius 2 is 2.03 bits per heavy atom. The summed E-state index contributed by atoms with van der Waals surface area (Å²) in [5.41, 5.74) is 1.49. The van der Waals surface area contributed by atoms with E-state index in [9.17, 15) is 18.0 Å². The summed E-state index contributed by atoms with van der Waals surface area (Å²) in [5.74, 6) is -1.02. The van der Waals surface area contributed by atoms with Crippen LogP contribution in [0.3, 0.4) is 0 Å². The molecule has 2 aromatic rings. The normalized spacial score (nSPS) is 17.1. The molecule has 8 nitrogen and oxygen atoms in total. The predicted molar refractivity (Wildman–Crippen MR) is 113 cm³/mol. The lowest BCUT2D eigenvalue weighted by Crippen LogP contribution is -2.43. The molecule has 162 valence electrons. The number of carbonyl (C=O) groups excluding carboxylic acids is 2. The molecule has 0 saturated carbocycles. The van der Waals surface area contributed by atoms with Gasteiger partial charge in [0.15, 0.2) is 0 Å². The van der Waals surface area contributed by atoms with Gasteiger partial charge in [-0.15, -0.1) is 0 Å². The third-order valence-electron chi connectivity index (χ3n) is 5.03. The highest BCUT2D eigenvalue weighted by Crippen LogP contribution is 2.29. The number of sulfonamides is 1. The largest absolute Gasteiger partial charge is 0.461 e. The Hall–Kier alpha value is -2.36. The molecule has 1 N–H and O–H groups in total. The van der Waals surface area contributed by atoms with Crippen LogP contribution in [0.2, 0.25) is 5.02 Å². The fourth-order valence-corrected chi connectivity index (χ4v) is 5.35. The van der Waals surface area contributed by atoms with Crippen LogP contribution in [-0.2, 0) is 26.6 Å². The van der Waals surface area contributed by atoms with Crippen molar-refractivity contribution in [3.8, 4) is 0 Å². The Kier molecular flexibility index (Phi) is 6.54. The molecule has 1 atom stereocenters. The highest BCUT2D eigenvalue weighted by atomic mass is 35.5. The molecular weight excluding hydrogens is 430 g/mol. The molecule has 1 aromatic heterocycles. The number of aromatic nitrogens is 1. The Morgan fingerprint density at radius 3 is 2.73 bits per heavy atom. The van der Waals surface area contributed by atoms with E-state index in [1.807, 2.05) is 6.92 Å². The quantitative estimate of drug-likeness (QED) is 0.678. The van der Waals surface area contributed by atoms with E-state index in [1.165, 1.54) is 21.1 Å². The molecule has 0 radical (unpaired) electrons. The zero-order chi connectivity index (χ0) is 22.1. The van der Waals surface area contributed by atoms with Gasteiger partial charge in [0.1, 0.15) is 16.6 Å². The predicted octanol–water partition coefficient (Wildman–Crippen LogP) is 2.96. The first kappa shape index (κ1) is 22.3. The number of benzene rings is 1. The molecule has 2 heterocycles. The zero-order valence-corrected chi connectivity index (χ0v) is 18.6. The van der Waals surface area contributed by atoms with Gasteiger partial charge in [-0.3, -0.25) is 4.79 Å². The summed E-state index contributed by atoms with van der Waals surface area (Å²) in [7, 11) is -2.40. The number of nitrogens with zero attached hydrogens (tertiary/aromatic N) is 2. The first-order chi connectivity index (χ1) is 14.1. The van der Waals surface area contributed by atoms with Gasteiger partial charge in [-0.1, -0.05) is 17.7 Å². The average molecular weight is 454 g/mol. The van der Waals surface area contributed by atoms with Crippen molar-refractivity contribution in [2.45, 2.75) is 37.6 Å². The molecule has 10 heteroatoms. The Morgan fingerprint density at radius 1 is 1.30 bits per heavy atom. The lowest BCUT2D eigenvalue weighted by atomic mass is 10.1. The number of hydrogen-bond acceptors (Lipinski definition) is 5. The van der Waals surface area contributed by atoms with E-state index in [0.29, 0.717) is 23.6 Å². The highest BCUT2D eigenvalue weighted by Gasteiger charge is 2.40. The zero-order valence-electron chi connectivity index (χ0n) is 17.0. The van der Waals surface area contributed by atoms with Crippen LogP contribution in [0, 0.1) is 6.92 Å². The smallest absolute Gasteiger partial charge is 0.354 e. The fraction of sp³-hybridized carbons (Fsp3) is 0.400. The number of anilines is 1. The number of amides is 1. The van der Waals surface area contributed by atoms with Crippen LogP contribution in [0.25, 0.3) is 0 Å². The van der Waals surface area contributed by atoms with Crippen molar-refractivity contribution in [2.75, 3.05) is 18.5 Å². The van der Waals surface area contributed by atoms with E-state index in [-0.39, 0.29) is 23.7 Å². The fourth-order valence-electron chi connectivity index (χ4n) is 3.45. The first-order valence-electron chi connectivity index (χ1n) is 9.57. The van der Waals surface area contributed by atoms with Crippen molar-refractivity contribution in [1.29, 1.82) is 0 Å². The Balaban J connectivity index is 1.85. The SMILES string of the molecule is CCOC(=O)c1cc(S(=O)(=O)N2CCC[C@@H]2C(=O)Nc2cc(Cl)ccc2C)cn1C. The van der Waals surface area contributed by atoms with Crippen LogP contribution in [0.4, 0.5) is 5.69 Å². The second-order valence-corrected chi connectivity index (χ2v) is 9.44. The lowest BCUT2D eigenvalue weighted by Gasteiger charge is -2.23. The van der Waals surface area contributed by atoms with Crippen LogP contribution in [0.5, 0.6) is 0 Å². The van der Waals surface area contributed by atoms with Gasteiger partial charge in [0.05, 0.1) is 6.61 Å². The van der Waals surface area contributed by atoms with E-state index in [4.69, 9.17) is 16.3 Å². The van der Waals surface area contributed by atoms with Gasteiger partial charge in [-0.25, -0.2) is 13.2 Å². The summed E-state index contributed by atoms with van der Waals surface area (Å²) in [6.45, 7) is 3.91. The lowest BCUT2D eigenvalue weighted by molar-refractivity contribution is -0.119. The van der Waals surface area contributed by atoms with Crippen LogP contribution >= 0.6 is 11.6 Å². The number of nitrogens with one attached hydrogen (secondary N) is 1. The first-order valence-corrected chi connectivity index (χ1v) is 11.4. The van der Waals surface area contributed by atoms with Gasteiger partial charge in [0.2, 0.25) is 15.9 Å². The maximum Gasteiger partial charge on any atom is 0.354 e. The van der Waals surface area contributed by atoms with E-state index in [0.717, 1.165) is 5.56 Å². The van der Waals surface area contributed by atoms with Gasteiger partial charge in [0, 0.05) is 30.5 Å². The van der Waals surface area contributed by atoms with Crippen molar-refractivity contribution >= 4 is 39.2 Å². The van der Waals surface area contributed by atoms with Crippen LogP contribution in [0.15, 0.2) is 35.4 Å². The van der Waals surface area contributed by atoms with Crippen molar-refractivity contribution in [3.05, 3.63) is 46.7 Å². The van der Waals surface area contributed by atoms with Crippen molar-refractivity contribution < 1.29 is 22.7 Å². The molecule has 1 aromatic carbocycles. The van der Waals surface area contributed by atoms with Gasteiger partial charge < -0.3 is 14.6 Å². The van der Waals surface area contributed by atoms with E-state index < -0.39 is 27.9 Å². The summed E-state index contributed by atoms with van der Waals surface area (Å²) in [4.78, 5) is 24.9. The molecule has 0 unspecified atom stereocenters. The molecule has 1 fully saturated rings. The Bertz CT molecular complexity index is 1080. The molecule has 1 amide bonds. The molecule has 0 bridgehead atoms. The maximum atomic E-state index is 13.2. The topological polar surface area (TPSA) is 97.7 Å². The van der Waals surface area contributed by atoms with E-state index >= 15 is 0 Å². The van der Waals surface area contributed by atoms with Gasteiger partial charge >= 0.3 is 5.97 Å². The summed E-state index contributed by atoms with van der Waals surface area (Å²) < 4.78 is 34.0. The third kappa shape index (κ3) is 4.38. The molecule has 30 heavy (non-hydrogen) atoms. The number of aryl methyl sites for hydroxylation is 2. The second kappa shape index (κ2) is 8.79. The summed E-state index contributed by atoms with van der Waals surface area (Å²) in [5, 5.41) is 3.26. The number of carbonyl (C=O) groups is 2. The van der Waals surface area contributed by atoms with E-state index in [2.05, 4.69) is 5.32 Å². The van der Waals surface area contributed by atoms with Gasteiger partial charge in [-0.2, -0.15) is 4.31 Å². The van der Waals surface area contributed by atoms with Gasteiger partial charge in [-0.05, 0) is 50.5 Å². The molecule has 1 aliphatic rings. The second-order valence-electron chi connectivity index (χ2n) is 7.11. The molecular formula is C20H24ClN3O5S. The number of ether oxygens (including phenoxy) is 1. The minimum atomic E-state index is -3.98. The van der Waals surface area contributed by atoms with Crippen LogP contribution < -0.4 is 5.32 Å². The minimum Gasteiger partial charge on any atom is -0.461 e. The van der Waals surface area contributed by atoms with Crippen LogP contribution in [0.1, 0.15) is 35.8 Å². The number of halogens is 1. The molecule has 3 rings (SSSR count). The molecule has 0 spiro atoms. The Labute approximate surface area is 180 Å².